The molecule has 0 saturated heterocycles. The minimum atomic E-state index is -0.529. The molecule has 0 unspecified atom stereocenters. The van der Waals surface area contributed by atoms with E-state index in [1.807, 2.05) is 37.3 Å². The van der Waals surface area contributed by atoms with Crippen LogP contribution in [0.5, 0.6) is 0 Å². The lowest BCUT2D eigenvalue weighted by atomic mass is 10.0. The highest BCUT2D eigenvalue weighted by Gasteiger charge is 2.26. The molecule has 2 heterocycles. The van der Waals surface area contributed by atoms with Gasteiger partial charge in [0.25, 0.3) is 0 Å². The number of thiophene rings is 1. The maximum absolute atomic E-state index is 12.6. The first-order chi connectivity index (χ1) is 14.0. The summed E-state index contributed by atoms with van der Waals surface area (Å²) in [6.07, 6.45) is 0.735. The third-order valence-electron chi connectivity index (χ3n) is 3.84. The summed E-state index contributed by atoms with van der Waals surface area (Å²) in [6.45, 7) is 3.90. The number of carbonyl (C=O) groups excluding carboxylic acids is 2. The van der Waals surface area contributed by atoms with Crippen molar-refractivity contribution in [1.29, 1.82) is 0 Å². The lowest BCUT2D eigenvalue weighted by molar-refractivity contribution is -0.113. The van der Waals surface area contributed by atoms with Crippen molar-refractivity contribution in [2.24, 2.45) is 0 Å². The van der Waals surface area contributed by atoms with Crippen LogP contribution >= 0.6 is 34.7 Å². The average Bonchev–Trinajstić information content (AvgIpc) is 3.31. The fourth-order valence-corrected chi connectivity index (χ4v) is 4.55. The van der Waals surface area contributed by atoms with Crippen molar-refractivity contribution < 1.29 is 14.3 Å². The van der Waals surface area contributed by atoms with Crippen LogP contribution in [0.15, 0.2) is 35.5 Å². The van der Waals surface area contributed by atoms with Crippen molar-refractivity contribution >= 4 is 51.6 Å². The van der Waals surface area contributed by atoms with Crippen LogP contribution in [0.1, 0.15) is 30.0 Å². The number of rotatable bonds is 8. The first-order valence-corrected chi connectivity index (χ1v) is 11.1. The molecule has 0 aliphatic heterocycles. The first kappa shape index (κ1) is 21.4. The van der Waals surface area contributed by atoms with Crippen LogP contribution in [-0.4, -0.2) is 39.4 Å². The van der Waals surface area contributed by atoms with Gasteiger partial charge in [-0.05, 0) is 12.5 Å². The number of nitrogens with zero attached hydrogens (tertiary/aromatic N) is 2. The third-order valence-corrected chi connectivity index (χ3v) is 6.00. The van der Waals surface area contributed by atoms with Crippen molar-refractivity contribution in [1.82, 2.24) is 15.2 Å². The number of benzene rings is 1. The van der Waals surface area contributed by atoms with Gasteiger partial charge in [-0.1, -0.05) is 60.6 Å². The Morgan fingerprint density at radius 2 is 2.03 bits per heavy atom. The number of thioether (sulfide) groups is 1. The zero-order chi connectivity index (χ0) is 20.8. The standard InChI is InChI=1S/C19H19ClN4O3S2/c1-3-12-21-19(24-23-12)28-10-13(25)22-17-15(18(26)27-4-2)14(16(20)29-17)11-8-6-5-7-9-11/h5-9H,3-4,10H2,1-2H3,(H,22,25)(H,21,23,24). The summed E-state index contributed by atoms with van der Waals surface area (Å²) in [5.41, 5.74) is 1.59. The van der Waals surface area contributed by atoms with E-state index < -0.39 is 5.97 Å². The Labute approximate surface area is 181 Å². The molecule has 10 heteroatoms. The molecule has 0 saturated carbocycles. The minimum absolute atomic E-state index is 0.0967. The molecule has 0 atom stereocenters. The van der Waals surface area contributed by atoms with Gasteiger partial charge in [0.1, 0.15) is 20.7 Å². The number of aromatic amines is 1. The number of aromatic nitrogens is 3. The van der Waals surface area contributed by atoms with E-state index in [4.69, 9.17) is 16.3 Å². The Bertz CT molecular complexity index is 1000. The summed E-state index contributed by atoms with van der Waals surface area (Å²) in [6, 6.07) is 9.29. The number of halogens is 1. The molecule has 1 aromatic carbocycles. The molecule has 3 rings (SSSR count). The number of hydrogen-bond donors (Lipinski definition) is 2. The molecule has 7 nitrogen and oxygen atoms in total. The molecule has 0 radical (unpaired) electrons. The Morgan fingerprint density at radius 1 is 1.28 bits per heavy atom. The fraction of sp³-hybridized carbons (Fsp3) is 0.263. The summed E-state index contributed by atoms with van der Waals surface area (Å²) >= 11 is 8.77. The van der Waals surface area contributed by atoms with E-state index in [9.17, 15) is 9.59 Å². The summed E-state index contributed by atoms with van der Waals surface area (Å²) < 4.78 is 5.60. The smallest absolute Gasteiger partial charge is 0.341 e. The van der Waals surface area contributed by atoms with Crippen molar-refractivity contribution in [2.75, 3.05) is 17.7 Å². The summed E-state index contributed by atoms with van der Waals surface area (Å²) in [7, 11) is 0. The van der Waals surface area contributed by atoms with Crippen molar-refractivity contribution in [3.8, 4) is 11.1 Å². The third kappa shape index (κ3) is 5.17. The second kappa shape index (κ2) is 9.91. The molecular weight excluding hydrogens is 432 g/mol. The number of esters is 1. The van der Waals surface area contributed by atoms with Gasteiger partial charge in [0.05, 0.1) is 12.4 Å². The zero-order valence-corrected chi connectivity index (χ0v) is 18.2. The highest BCUT2D eigenvalue weighted by Crippen LogP contribution is 2.44. The van der Waals surface area contributed by atoms with Gasteiger partial charge in [0.15, 0.2) is 0 Å². The number of H-pyrrole nitrogens is 1. The number of carbonyl (C=O) groups is 2. The van der Waals surface area contributed by atoms with Crippen LogP contribution in [-0.2, 0) is 16.0 Å². The second-order valence-corrected chi connectivity index (χ2v) is 8.36. The molecule has 2 aromatic heterocycles. The lowest BCUT2D eigenvalue weighted by Crippen LogP contribution is -2.16. The molecule has 1 amide bonds. The van der Waals surface area contributed by atoms with E-state index in [-0.39, 0.29) is 23.8 Å². The van der Waals surface area contributed by atoms with E-state index in [1.165, 1.54) is 11.8 Å². The molecule has 0 spiro atoms. The highest BCUT2D eigenvalue weighted by atomic mass is 35.5. The van der Waals surface area contributed by atoms with Gasteiger partial charge in [-0.2, -0.15) is 0 Å². The summed E-state index contributed by atoms with van der Waals surface area (Å²) in [5, 5.41) is 10.5. The van der Waals surface area contributed by atoms with Gasteiger partial charge in [-0.25, -0.2) is 9.78 Å². The number of anilines is 1. The Morgan fingerprint density at radius 3 is 2.69 bits per heavy atom. The summed E-state index contributed by atoms with van der Waals surface area (Å²) in [5.74, 6) is 0.0365. The molecule has 0 bridgehead atoms. The molecule has 0 aliphatic carbocycles. The van der Waals surface area contributed by atoms with Gasteiger partial charge in [0.2, 0.25) is 11.1 Å². The number of hydrogen-bond acceptors (Lipinski definition) is 7. The molecule has 0 fully saturated rings. The molecule has 29 heavy (non-hydrogen) atoms. The van der Waals surface area contributed by atoms with E-state index in [0.29, 0.717) is 20.1 Å². The van der Waals surface area contributed by atoms with Crippen LogP contribution < -0.4 is 5.32 Å². The highest BCUT2D eigenvalue weighted by molar-refractivity contribution is 7.99. The predicted molar refractivity (Wildman–Crippen MR) is 116 cm³/mol. The zero-order valence-electron chi connectivity index (χ0n) is 15.8. The Kier molecular flexibility index (Phi) is 7.29. The number of aryl methyl sites for hydroxylation is 1. The number of ether oxygens (including phenoxy) is 1. The van der Waals surface area contributed by atoms with Gasteiger partial charge < -0.3 is 10.1 Å². The van der Waals surface area contributed by atoms with Crippen LogP contribution in [0.2, 0.25) is 4.34 Å². The Hall–Kier alpha value is -2.36. The fourth-order valence-electron chi connectivity index (χ4n) is 2.55. The maximum atomic E-state index is 12.6. The van der Waals surface area contributed by atoms with Crippen molar-refractivity contribution in [3.05, 3.63) is 46.1 Å². The van der Waals surface area contributed by atoms with Gasteiger partial charge in [0, 0.05) is 12.0 Å². The quantitative estimate of drug-likeness (QED) is 0.382. The van der Waals surface area contributed by atoms with Crippen LogP contribution in [0.25, 0.3) is 11.1 Å². The van der Waals surface area contributed by atoms with Gasteiger partial charge >= 0.3 is 5.97 Å². The monoisotopic (exact) mass is 450 g/mol. The van der Waals surface area contributed by atoms with E-state index >= 15 is 0 Å². The number of amides is 1. The molecular formula is C19H19ClN4O3S2. The number of nitrogens with one attached hydrogen (secondary N) is 2. The molecule has 152 valence electrons. The SMILES string of the molecule is CCOC(=O)c1c(NC(=O)CSc2n[nH]c(CC)n2)sc(Cl)c1-c1ccccc1. The predicted octanol–water partition coefficient (Wildman–Crippen LogP) is 4.66. The van der Waals surface area contributed by atoms with E-state index in [2.05, 4.69) is 20.5 Å². The van der Waals surface area contributed by atoms with Crippen molar-refractivity contribution in [3.63, 3.8) is 0 Å². The normalized spacial score (nSPS) is 10.7. The topological polar surface area (TPSA) is 97.0 Å². The molecule has 3 aromatic rings. The van der Waals surface area contributed by atoms with Crippen LogP contribution in [0.3, 0.4) is 0 Å². The second-order valence-electron chi connectivity index (χ2n) is 5.80. The molecule has 2 N–H and O–H groups in total. The average molecular weight is 451 g/mol. The summed E-state index contributed by atoms with van der Waals surface area (Å²) in [4.78, 5) is 29.3. The minimum Gasteiger partial charge on any atom is -0.462 e. The van der Waals surface area contributed by atoms with Crippen molar-refractivity contribution in [2.45, 2.75) is 25.4 Å². The van der Waals surface area contributed by atoms with Gasteiger partial charge in [-0.3, -0.25) is 9.89 Å². The van der Waals surface area contributed by atoms with E-state index in [0.717, 1.165) is 29.1 Å². The van der Waals surface area contributed by atoms with Crippen LogP contribution in [0.4, 0.5) is 5.00 Å². The maximum Gasteiger partial charge on any atom is 0.341 e. The molecule has 0 aliphatic rings. The largest absolute Gasteiger partial charge is 0.462 e. The first-order valence-electron chi connectivity index (χ1n) is 8.92. The Balaban J connectivity index is 1.82. The van der Waals surface area contributed by atoms with Crippen LogP contribution in [0, 0.1) is 0 Å². The lowest BCUT2D eigenvalue weighted by Gasteiger charge is -2.08. The van der Waals surface area contributed by atoms with E-state index in [1.54, 1.807) is 6.92 Å². The van der Waals surface area contributed by atoms with Gasteiger partial charge in [-0.15, -0.1) is 16.4 Å².